The van der Waals surface area contributed by atoms with E-state index >= 15 is 0 Å². The molecule has 4 nitrogen and oxygen atoms in total. The highest BCUT2D eigenvalue weighted by molar-refractivity contribution is 14.0. The fourth-order valence-corrected chi connectivity index (χ4v) is 2.46. The molecule has 0 fully saturated rings. The van der Waals surface area contributed by atoms with Crippen molar-refractivity contribution in [2.24, 2.45) is 4.99 Å². The second kappa shape index (κ2) is 7.57. The van der Waals surface area contributed by atoms with Crippen molar-refractivity contribution >= 4 is 35.6 Å². The molecule has 1 aromatic rings. The topological polar surface area (TPSA) is 39.7 Å². The molecule has 0 aliphatic carbocycles. The molecule has 1 unspecified atom stereocenters. The van der Waals surface area contributed by atoms with Crippen molar-refractivity contribution in [3.8, 4) is 0 Å². The van der Waals surface area contributed by atoms with Gasteiger partial charge in [0.1, 0.15) is 0 Å². The maximum atomic E-state index is 4.13. The predicted octanol–water partition coefficient (Wildman–Crippen LogP) is 1.85. The molecule has 0 spiro atoms. The second-order valence-corrected chi connectivity index (χ2v) is 4.62. The lowest BCUT2D eigenvalue weighted by molar-refractivity contribution is 0.629. The molecule has 0 saturated heterocycles. The maximum Gasteiger partial charge on any atom is 0.190 e. The third kappa shape index (κ3) is 3.75. The summed E-state index contributed by atoms with van der Waals surface area (Å²) in [4.78, 5) is 6.59. The number of halogens is 1. The molecule has 0 aromatic heterocycles. The number of rotatable bonds is 3. The smallest absolute Gasteiger partial charge is 0.190 e. The Morgan fingerprint density at radius 2 is 2.16 bits per heavy atom. The van der Waals surface area contributed by atoms with Gasteiger partial charge in [-0.1, -0.05) is 18.2 Å². The Kier molecular flexibility index (Phi) is 6.41. The molecule has 0 saturated carbocycles. The molecule has 0 radical (unpaired) electrons. The monoisotopic (exact) mass is 374 g/mol. The minimum atomic E-state index is 0. The second-order valence-electron chi connectivity index (χ2n) is 4.62. The number of hydrogen-bond acceptors (Lipinski definition) is 2. The SMILES string of the molecule is CN=C(NC)NCC(C)N1CCc2ccccc21.I. The van der Waals surface area contributed by atoms with E-state index in [2.05, 4.69) is 51.7 Å². The van der Waals surface area contributed by atoms with Crippen LogP contribution >= 0.6 is 24.0 Å². The number of nitrogens with zero attached hydrogens (tertiary/aromatic N) is 2. The van der Waals surface area contributed by atoms with Crippen LogP contribution in [0, 0.1) is 0 Å². The number of guanidine groups is 1. The normalized spacial score (nSPS) is 15.5. The van der Waals surface area contributed by atoms with Crippen LogP contribution < -0.4 is 15.5 Å². The zero-order valence-electron chi connectivity index (χ0n) is 11.8. The first kappa shape index (κ1) is 16.1. The average Bonchev–Trinajstić information content (AvgIpc) is 2.83. The zero-order chi connectivity index (χ0) is 13.0. The van der Waals surface area contributed by atoms with E-state index < -0.39 is 0 Å². The highest BCUT2D eigenvalue weighted by Crippen LogP contribution is 2.28. The van der Waals surface area contributed by atoms with E-state index in [4.69, 9.17) is 0 Å². The van der Waals surface area contributed by atoms with Gasteiger partial charge in [0.15, 0.2) is 5.96 Å². The molecule has 2 N–H and O–H groups in total. The van der Waals surface area contributed by atoms with Crippen LogP contribution in [0.15, 0.2) is 29.3 Å². The quantitative estimate of drug-likeness (QED) is 0.482. The van der Waals surface area contributed by atoms with E-state index in [0.29, 0.717) is 6.04 Å². The Morgan fingerprint density at radius 3 is 2.84 bits per heavy atom. The van der Waals surface area contributed by atoms with Crippen LogP contribution in [0.5, 0.6) is 0 Å². The van der Waals surface area contributed by atoms with Gasteiger partial charge in [-0.3, -0.25) is 4.99 Å². The lowest BCUT2D eigenvalue weighted by Gasteiger charge is -2.28. The van der Waals surface area contributed by atoms with Gasteiger partial charge in [0.25, 0.3) is 0 Å². The predicted molar refractivity (Wildman–Crippen MR) is 92.8 cm³/mol. The summed E-state index contributed by atoms with van der Waals surface area (Å²) in [5.74, 6) is 0.842. The molecule has 5 heteroatoms. The number of para-hydroxylation sites is 1. The first-order valence-electron chi connectivity index (χ1n) is 6.49. The van der Waals surface area contributed by atoms with Crippen molar-refractivity contribution < 1.29 is 0 Å². The van der Waals surface area contributed by atoms with Crippen LogP contribution in [0.1, 0.15) is 12.5 Å². The summed E-state index contributed by atoms with van der Waals surface area (Å²) in [6.45, 7) is 4.25. The van der Waals surface area contributed by atoms with Gasteiger partial charge in [0.05, 0.1) is 0 Å². The van der Waals surface area contributed by atoms with Gasteiger partial charge in [-0.2, -0.15) is 0 Å². The Morgan fingerprint density at radius 1 is 1.42 bits per heavy atom. The Labute approximate surface area is 132 Å². The third-order valence-corrected chi connectivity index (χ3v) is 3.48. The van der Waals surface area contributed by atoms with Crippen molar-refractivity contribution in [3.05, 3.63) is 29.8 Å². The van der Waals surface area contributed by atoms with E-state index in [1.807, 2.05) is 7.05 Å². The van der Waals surface area contributed by atoms with Gasteiger partial charge in [-0.15, -0.1) is 24.0 Å². The van der Waals surface area contributed by atoms with Gasteiger partial charge in [-0.25, -0.2) is 0 Å². The number of anilines is 1. The van der Waals surface area contributed by atoms with Gasteiger partial charge >= 0.3 is 0 Å². The molecular formula is C14H23IN4. The standard InChI is InChI=1S/C14H22N4.HI/c1-11(10-17-14(15-2)16-3)18-9-8-12-6-4-5-7-13(12)18;/h4-7,11H,8-10H2,1-3H3,(H2,15,16,17);1H. The molecule has 2 rings (SSSR count). The summed E-state index contributed by atoms with van der Waals surface area (Å²) >= 11 is 0. The summed E-state index contributed by atoms with van der Waals surface area (Å²) < 4.78 is 0. The lowest BCUT2D eigenvalue weighted by atomic mass is 10.2. The van der Waals surface area contributed by atoms with E-state index in [0.717, 1.165) is 25.5 Å². The molecule has 1 aliphatic heterocycles. The third-order valence-electron chi connectivity index (χ3n) is 3.48. The van der Waals surface area contributed by atoms with Gasteiger partial charge in [0, 0.05) is 38.9 Å². The molecule has 0 bridgehead atoms. The minimum Gasteiger partial charge on any atom is -0.366 e. The van der Waals surface area contributed by atoms with Gasteiger partial charge < -0.3 is 15.5 Å². The molecule has 0 amide bonds. The summed E-state index contributed by atoms with van der Waals surface area (Å²) in [6.07, 6.45) is 1.15. The lowest BCUT2D eigenvalue weighted by Crippen LogP contribution is -2.44. The molecule has 1 heterocycles. The fraction of sp³-hybridized carbons (Fsp3) is 0.500. The van der Waals surface area contributed by atoms with E-state index in [-0.39, 0.29) is 24.0 Å². The van der Waals surface area contributed by atoms with Crippen LogP contribution in [0.4, 0.5) is 5.69 Å². The number of benzene rings is 1. The first-order valence-corrected chi connectivity index (χ1v) is 6.49. The van der Waals surface area contributed by atoms with Crippen molar-refractivity contribution in [2.75, 3.05) is 32.1 Å². The fourth-order valence-electron chi connectivity index (χ4n) is 2.46. The molecule has 19 heavy (non-hydrogen) atoms. The first-order chi connectivity index (χ1) is 8.76. The number of hydrogen-bond donors (Lipinski definition) is 2. The largest absolute Gasteiger partial charge is 0.366 e. The average molecular weight is 374 g/mol. The summed E-state index contributed by atoms with van der Waals surface area (Å²) in [5.41, 5.74) is 2.84. The van der Waals surface area contributed by atoms with Crippen molar-refractivity contribution in [3.63, 3.8) is 0 Å². The van der Waals surface area contributed by atoms with Gasteiger partial charge in [0.2, 0.25) is 0 Å². The number of nitrogens with one attached hydrogen (secondary N) is 2. The maximum absolute atomic E-state index is 4.13. The van der Waals surface area contributed by atoms with Crippen LogP contribution in [0.25, 0.3) is 0 Å². The van der Waals surface area contributed by atoms with E-state index in [9.17, 15) is 0 Å². The van der Waals surface area contributed by atoms with Crippen LogP contribution in [-0.4, -0.2) is 39.2 Å². The van der Waals surface area contributed by atoms with Crippen LogP contribution in [-0.2, 0) is 6.42 Å². The van der Waals surface area contributed by atoms with E-state index in [1.54, 1.807) is 7.05 Å². The Bertz CT molecular complexity index is 433. The van der Waals surface area contributed by atoms with Crippen molar-refractivity contribution in [2.45, 2.75) is 19.4 Å². The van der Waals surface area contributed by atoms with Crippen molar-refractivity contribution in [1.82, 2.24) is 10.6 Å². The van der Waals surface area contributed by atoms with Crippen molar-refractivity contribution in [1.29, 1.82) is 0 Å². The Hall–Kier alpha value is -0.980. The zero-order valence-corrected chi connectivity index (χ0v) is 14.1. The minimum absolute atomic E-state index is 0. The van der Waals surface area contributed by atoms with Gasteiger partial charge in [-0.05, 0) is 25.0 Å². The number of fused-ring (bicyclic) bond motifs is 1. The molecule has 1 aliphatic rings. The summed E-state index contributed by atoms with van der Waals surface area (Å²) in [6, 6.07) is 9.13. The highest BCUT2D eigenvalue weighted by atomic mass is 127. The summed E-state index contributed by atoms with van der Waals surface area (Å²) in [7, 11) is 3.67. The highest BCUT2D eigenvalue weighted by Gasteiger charge is 2.22. The summed E-state index contributed by atoms with van der Waals surface area (Å²) in [5, 5.41) is 6.36. The Balaban J connectivity index is 0.00000180. The van der Waals surface area contributed by atoms with Crippen LogP contribution in [0.3, 0.4) is 0 Å². The molecule has 1 aromatic carbocycles. The molecule has 1 atom stereocenters. The van der Waals surface area contributed by atoms with Crippen LogP contribution in [0.2, 0.25) is 0 Å². The van der Waals surface area contributed by atoms with E-state index in [1.165, 1.54) is 11.3 Å². The molecular weight excluding hydrogens is 351 g/mol. The number of aliphatic imine (C=N–C) groups is 1. The molecule has 106 valence electrons.